The Labute approximate surface area is 49.4 Å². The van der Waals surface area contributed by atoms with Crippen LogP contribution in [0, 0.1) is 5.92 Å². The lowest BCUT2D eigenvalue weighted by Crippen LogP contribution is -2.03. The quantitative estimate of drug-likeness (QED) is 0.459. The summed E-state index contributed by atoms with van der Waals surface area (Å²) < 4.78 is 11.8. The average Bonchev–Trinajstić information content (AvgIpc) is 1.90. The van der Waals surface area contributed by atoms with Crippen molar-refractivity contribution in [3.8, 4) is 0 Å². The third kappa shape index (κ3) is 1.32. The predicted molar refractivity (Wildman–Crippen MR) is 32.5 cm³/mol. The van der Waals surface area contributed by atoms with Crippen molar-refractivity contribution in [2.45, 2.75) is 19.3 Å². The maximum Gasteiger partial charge on any atom is 0.0925 e. The Morgan fingerprint density at radius 3 is 2.75 bits per heavy atom. The Hall–Kier alpha value is -0.330. The molecule has 0 amide bonds. The summed E-state index contributed by atoms with van der Waals surface area (Å²) in [6.45, 7) is -0.135. The van der Waals surface area contributed by atoms with Crippen LogP contribution in [0.2, 0.25) is 0 Å². The monoisotopic (exact) mass is 114 g/mol. The molecular formula is C7H11F. The highest BCUT2D eigenvalue weighted by Gasteiger charge is 2.07. The van der Waals surface area contributed by atoms with Gasteiger partial charge in [0, 0.05) is 0 Å². The second-order valence-corrected chi connectivity index (χ2v) is 2.30. The molecule has 0 heterocycles. The first-order chi connectivity index (χ1) is 3.93. The molecule has 0 saturated heterocycles. The van der Waals surface area contributed by atoms with Gasteiger partial charge in [0.2, 0.25) is 0 Å². The van der Waals surface area contributed by atoms with Crippen LogP contribution in [0.15, 0.2) is 12.2 Å². The first-order valence-electron chi connectivity index (χ1n) is 3.14. The van der Waals surface area contributed by atoms with Crippen LogP contribution in [-0.2, 0) is 0 Å². The molecule has 0 N–H and O–H groups in total. The Kier molecular flexibility index (Phi) is 2.07. The van der Waals surface area contributed by atoms with Crippen LogP contribution >= 0.6 is 0 Å². The number of alkyl halides is 1. The fraction of sp³-hybridized carbons (Fsp3) is 0.714. The smallest absolute Gasteiger partial charge is 0.0925 e. The summed E-state index contributed by atoms with van der Waals surface area (Å²) in [6, 6.07) is 0. The van der Waals surface area contributed by atoms with E-state index in [9.17, 15) is 4.39 Å². The van der Waals surface area contributed by atoms with Gasteiger partial charge in [0.25, 0.3) is 0 Å². The highest BCUT2D eigenvalue weighted by molar-refractivity contribution is 4.89. The van der Waals surface area contributed by atoms with E-state index in [0.717, 1.165) is 19.3 Å². The minimum absolute atomic E-state index is 0.135. The van der Waals surface area contributed by atoms with E-state index in [-0.39, 0.29) is 6.67 Å². The molecule has 0 saturated carbocycles. The summed E-state index contributed by atoms with van der Waals surface area (Å²) in [5.41, 5.74) is 0. The molecule has 0 spiro atoms. The molecule has 0 radical (unpaired) electrons. The van der Waals surface area contributed by atoms with Crippen LogP contribution < -0.4 is 0 Å². The average molecular weight is 114 g/mol. The highest BCUT2D eigenvalue weighted by atomic mass is 19.1. The van der Waals surface area contributed by atoms with Gasteiger partial charge in [-0.3, -0.25) is 4.39 Å². The minimum Gasteiger partial charge on any atom is -0.251 e. The molecule has 0 aliphatic heterocycles. The number of hydrogen-bond donors (Lipinski definition) is 0. The molecule has 0 aromatic rings. The molecular weight excluding hydrogens is 103 g/mol. The third-order valence-corrected chi connectivity index (χ3v) is 1.60. The van der Waals surface area contributed by atoms with E-state index < -0.39 is 0 Å². The van der Waals surface area contributed by atoms with E-state index >= 15 is 0 Å². The van der Waals surface area contributed by atoms with Crippen LogP contribution in [0.3, 0.4) is 0 Å². The maximum absolute atomic E-state index is 11.8. The third-order valence-electron chi connectivity index (χ3n) is 1.60. The lowest BCUT2D eigenvalue weighted by molar-refractivity contribution is 0.341. The van der Waals surface area contributed by atoms with Crippen LogP contribution in [-0.4, -0.2) is 6.67 Å². The number of rotatable bonds is 1. The van der Waals surface area contributed by atoms with Gasteiger partial charge in [-0.2, -0.15) is 0 Å². The Bertz CT molecular complexity index is 86.4. The van der Waals surface area contributed by atoms with Gasteiger partial charge in [0.15, 0.2) is 0 Å². The van der Waals surface area contributed by atoms with Gasteiger partial charge in [-0.1, -0.05) is 12.2 Å². The van der Waals surface area contributed by atoms with Crippen LogP contribution in [0.25, 0.3) is 0 Å². The fourth-order valence-corrected chi connectivity index (χ4v) is 0.996. The Balaban J connectivity index is 2.27. The Morgan fingerprint density at radius 1 is 1.50 bits per heavy atom. The SMILES string of the molecule is FCC1CC=CCC1. The molecule has 8 heavy (non-hydrogen) atoms. The summed E-state index contributed by atoms with van der Waals surface area (Å²) in [6.07, 6.45) is 7.29. The van der Waals surface area contributed by atoms with Crippen molar-refractivity contribution in [3.63, 3.8) is 0 Å². The largest absolute Gasteiger partial charge is 0.251 e. The van der Waals surface area contributed by atoms with E-state index in [2.05, 4.69) is 12.2 Å². The molecule has 1 heteroatoms. The molecule has 1 aliphatic carbocycles. The molecule has 46 valence electrons. The lowest BCUT2D eigenvalue weighted by atomic mass is 9.96. The second-order valence-electron chi connectivity index (χ2n) is 2.30. The van der Waals surface area contributed by atoms with E-state index in [4.69, 9.17) is 0 Å². The van der Waals surface area contributed by atoms with E-state index in [1.54, 1.807) is 0 Å². The molecule has 1 atom stereocenters. The van der Waals surface area contributed by atoms with Gasteiger partial charge in [0.1, 0.15) is 0 Å². The van der Waals surface area contributed by atoms with Gasteiger partial charge in [0.05, 0.1) is 6.67 Å². The minimum atomic E-state index is -0.135. The zero-order valence-electron chi connectivity index (χ0n) is 4.94. The summed E-state index contributed by atoms with van der Waals surface area (Å²) in [4.78, 5) is 0. The Morgan fingerprint density at radius 2 is 2.38 bits per heavy atom. The highest BCUT2D eigenvalue weighted by Crippen LogP contribution is 2.17. The van der Waals surface area contributed by atoms with Crippen molar-refractivity contribution >= 4 is 0 Å². The van der Waals surface area contributed by atoms with Gasteiger partial charge >= 0.3 is 0 Å². The van der Waals surface area contributed by atoms with Crippen LogP contribution in [0.5, 0.6) is 0 Å². The first kappa shape index (κ1) is 5.80. The molecule has 0 nitrogen and oxygen atoms in total. The van der Waals surface area contributed by atoms with Crippen molar-refractivity contribution in [1.82, 2.24) is 0 Å². The zero-order chi connectivity index (χ0) is 5.82. The summed E-state index contributed by atoms with van der Waals surface area (Å²) in [5, 5.41) is 0. The lowest BCUT2D eigenvalue weighted by Gasteiger charge is -2.11. The number of hydrogen-bond acceptors (Lipinski definition) is 0. The van der Waals surface area contributed by atoms with Crippen molar-refractivity contribution in [3.05, 3.63) is 12.2 Å². The number of halogens is 1. The van der Waals surface area contributed by atoms with Crippen molar-refractivity contribution in [1.29, 1.82) is 0 Å². The summed E-state index contributed by atoms with van der Waals surface area (Å²) in [5.74, 6) is 0.333. The van der Waals surface area contributed by atoms with Gasteiger partial charge < -0.3 is 0 Å². The zero-order valence-corrected chi connectivity index (χ0v) is 4.94. The molecule has 0 fully saturated rings. The molecule has 1 rings (SSSR count). The molecule has 0 aromatic carbocycles. The molecule has 1 aliphatic rings. The predicted octanol–water partition coefficient (Wildman–Crippen LogP) is 2.31. The molecule has 1 unspecified atom stereocenters. The standard InChI is InChI=1S/C7H11F/c8-6-7-4-2-1-3-5-7/h1-2,7H,3-6H2. The van der Waals surface area contributed by atoms with Gasteiger partial charge in [-0.05, 0) is 25.2 Å². The van der Waals surface area contributed by atoms with E-state index in [1.807, 2.05) is 0 Å². The molecule has 0 aromatic heterocycles. The van der Waals surface area contributed by atoms with E-state index in [1.165, 1.54) is 0 Å². The van der Waals surface area contributed by atoms with Crippen molar-refractivity contribution in [2.75, 3.05) is 6.67 Å². The normalized spacial score (nSPS) is 28.4. The van der Waals surface area contributed by atoms with Crippen molar-refractivity contribution < 1.29 is 4.39 Å². The second kappa shape index (κ2) is 2.85. The molecule has 0 bridgehead atoms. The first-order valence-corrected chi connectivity index (χ1v) is 3.14. The summed E-state index contributed by atoms with van der Waals surface area (Å²) >= 11 is 0. The topological polar surface area (TPSA) is 0 Å². The van der Waals surface area contributed by atoms with Gasteiger partial charge in [-0.25, -0.2) is 0 Å². The fourth-order valence-electron chi connectivity index (χ4n) is 0.996. The maximum atomic E-state index is 11.8. The van der Waals surface area contributed by atoms with Crippen LogP contribution in [0.1, 0.15) is 19.3 Å². The van der Waals surface area contributed by atoms with Gasteiger partial charge in [-0.15, -0.1) is 0 Å². The summed E-state index contributed by atoms with van der Waals surface area (Å²) in [7, 11) is 0. The van der Waals surface area contributed by atoms with Crippen molar-refractivity contribution in [2.24, 2.45) is 5.92 Å². The number of allylic oxidation sites excluding steroid dienone is 2. The van der Waals surface area contributed by atoms with Crippen LogP contribution in [0.4, 0.5) is 4.39 Å². The van der Waals surface area contributed by atoms with E-state index in [0.29, 0.717) is 5.92 Å².